The number of urea groups is 1. The fourth-order valence-corrected chi connectivity index (χ4v) is 9.71. The second-order valence-electron chi connectivity index (χ2n) is 16.2. The van der Waals surface area contributed by atoms with Gasteiger partial charge in [0.25, 0.3) is 5.91 Å². The summed E-state index contributed by atoms with van der Waals surface area (Å²) in [5, 5.41) is 6.66. The van der Waals surface area contributed by atoms with E-state index in [4.69, 9.17) is 19.4 Å². The number of methoxy groups -OCH3 is 1. The maximum atomic E-state index is 14.4. The first kappa shape index (κ1) is 38.1. The molecule has 0 radical (unpaired) electrons. The SMILES string of the molecule is COc1ccc2c(O[C@]3(C)C[C@H]4C(=O)N[C@]5(C(=O)NS(=O)(=O)C6(C)CC6)C[C@H]5/C=C\CCCCN(C)C(=O)N4C3)cc(-c3csc(C(C)C)n3)nc2c1C. The number of sulfonamides is 1. The zero-order chi connectivity index (χ0) is 38.8. The summed E-state index contributed by atoms with van der Waals surface area (Å²) in [6, 6.07) is 4.30. The first-order chi connectivity index (χ1) is 25.5. The summed E-state index contributed by atoms with van der Waals surface area (Å²) in [7, 11) is -0.608. The zero-order valence-electron chi connectivity index (χ0n) is 32.0. The Labute approximate surface area is 320 Å². The molecular formula is C39H50N6O7S2. The highest BCUT2D eigenvalue weighted by atomic mass is 32.2. The maximum absolute atomic E-state index is 14.4. The minimum absolute atomic E-state index is 0.0893. The quantitative estimate of drug-likeness (QED) is 0.275. The van der Waals surface area contributed by atoms with Crippen LogP contribution in [0.1, 0.15) is 89.1 Å². The average Bonchev–Trinajstić information content (AvgIpc) is 3.92. The van der Waals surface area contributed by atoms with E-state index in [1.54, 1.807) is 37.3 Å². The molecule has 2 saturated carbocycles. The van der Waals surface area contributed by atoms with Gasteiger partial charge in [0.1, 0.15) is 28.7 Å². The molecule has 290 valence electrons. The summed E-state index contributed by atoms with van der Waals surface area (Å²) in [4.78, 5) is 55.4. The zero-order valence-corrected chi connectivity index (χ0v) is 33.7. The van der Waals surface area contributed by atoms with Crippen molar-refractivity contribution in [1.82, 2.24) is 29.8 Å². The number of aryl methyl sites for hydroxylation is 1. The number of carbonyl (C=O) groups is 3. The second-order valence-corrected chi connectivity index (χ2v) is 19.3. The number of nitrogens with zero attached hydrogens (tertiary/aromatic N) is 4. The van der Waals surface area contributed by atoms with Crippen LogP contribution in [0.4, 0.5) is 4.79 Å². The van der Waals surface area contributed by atoms with Crippen molar-refractivity contribution in [1.29, 1.82) is 0 Å². The fraction of sp³-hybridized carbons (Fsp3) is 0.564. The van der Waals surface area contributed by atoms with Crippen molar-refractivity contribution in [2.24, 2.45) is 5.92 Å². The van der Waals surface area contributed by atoms with Crippen LogP contribution >= 0.6 is 11.3 Å². The number of fused-ring (bicyclic) bond motifs is 3. The van der Waals surface area contributed by atoms with Crippen LogP contribution < -0.4 is 19.5 Å². The molecule has 4 heterocycles. The Morgan fingerprint density at radius 3 is 2.54 bits per heavy atom. The third-order valence-electron chi connectivity index (χ3n) is 11.5. The van der Waals surface area contributed by atoms with Gasteiger partial charge in [-0.15, -0.1) is 11.3 Å². The van der Waals surface area contributed by atoms with Gasteiger partial charge in [0, 0.05) is 54.2 Å². The average molecular weight is 779 g/mol. The van der Waals surface area contributed by atoms with E-state index >= 15 is 0 Å². The minimum Gasteiger partial charge on any atom is -0.496 e. The van der Waals surface area contributed by atoms with Gasteiger partial charge in [-0.1, -0.05) is 26.0 Å². The highest BCUT2D eigenvalue weighted by molar-refractivity contribution is 7.91. The van der Waals surface area contributed by atoms with Crippen LogP contribution in [0.2, 0.25) is 0 Å². The van der Waals surface area contributed by atoms with Crippen molar-refractivity contribution < 1.29 is 32.3 Å². The van der Waals surface area contributed by atoms with E-state index in [2.05, 4.69) is 23.9 Å². The third kappa shape index (κ3) is 6.93. The van der Waals surface area contributed by atoms with Crippen molar-refractivity contribution in [3.63, 3.8) is 0 Å². The Kier molecular flexibility index (Phi) is 9.73. The predicted molar refractivity (Wildman–Crippen MR) is 207 cm³/mol. The van der Waals surface area contributed by atoms with Gasteiger partial charge in [-0.2, -0.15) is 0 Å². The van der Waals surface area contributed by atoms with Crippen LogP contribution in [0.5, 0.6) is 11.5 Å². The predicted octanol–water partition coefficient (Wildman–Crippen LogP) is 5.68. The lowest BCUT2D eigenvalue weighted by atomic mass is 10.0. The lowest BCUT2D eigenvalue weighted by molar-refractivity contribution is -0.131. The van der Waals surface area contributed by atoms with Gasteiger partial charge in [0.2, 0.25) is 15.9 Å². The van der Waals surface area contributed by atoms with Crippen LogP contribution in [-0.4, -0.2) is 95.2 Å². The number of ether oxygens (including phenoxy) is 2. The molecule has 2 N–H and O–H groups in total. The van der Waals surface area contributed by atoms with Crippen molar-refractivity contribution in [2.45, 2.75) is 107 Å². The van der Waals surface area contributed by atoms with Crippen molar-refractivity contribution in [2.75, 3.05) is 27.2 Å². The number of thiazole rings is 1. The number of hydrogen-bond donors (Lipinski definition) is 2. The van der Waals surface area contributed by atoms with Crippen LogP contribution in [0, 0.1) is 12.8 Å². The summed E-state index contributed by atoms with van der Waals surface area (Å²) in [6.07, 6.45) is 7.49. The molecule has 1 saturated heterocycles. The molecule has 2 aliphatic carbocycles. The van der Waals surface area contributed by atoms with Gasteiger partial charge in [-0.25, -0.2) is 23.2 Å². The van der Waals surface area contributed by atoms with E-state index in [9.17, 15) is 22.8 Å². The van der Waals surface area contributed by atoms with E-state index in [0.717, 1.165) is 40.9 Å². The first-order valence-corrected chi connectivity index (χ1v) is 21.1. The van der Waals surface area contributed by atoms with Gasteiger partial charge < -0.3 is 24.6 Å². The number of rotatable bonds is 8. The Bertz CT molecular complexity index is 2150. The Morgan fingerprint density at radius 2 is 1.85 bits per heavy atom. The molecule has 13 nitrogen and oxygen atoms in total. The van der Waals surface area contributed by atoms with E-state index in [1.165, 1.54) is 4.90 Å². The molecule has 3 aromatic rings. The van der Waals surface area contributed by atoms with Crippen LogP contribution in [0.25, 0.3) is 22.3 Å². The summed E-state index contributed by atoms with van der Waals surface area (Å²) >= 11 is 1.57. The summed E-state index contributed by atoms with van der Waals surface area (Å²) in [5.41, 5.74) is 0.370. The van der Waals surface area contributed by atoms with Gasteiger partial charge in [-0.05, 0) is 71.4 Å². The van der Waals surface area contributed by atoms with Gasteiger partial charge >= 0.3 is 6.03 Å². The van der Waals surface area contributed by atoms with Crippen molar-refractivity contribution in [3.05, 3.63) is 46.3 Å². The maximum Gasteiger partial charge on any atom is 0.320 e. The lowest BCUT2D eigenvalue weighted by Gasteiger charge is -2.31. The number of carbonyl (C=O) groups excluding carboxylic acids is 3. The molecule has 15 heteroatoms. The Hall–Kier alpha value is -4.24. The number of pyridine rings is 1. The van der Waals surface area contributed by atoms with E-state index < -0.39 is 43.8 Å². The van der Waals surface area contributed by atoms with E-state index in [1.807, 2.05) is 49.6 Å². The molecule has 4 atom stereocenters. The molecule has 2 aromatic heterocycles. The summed E-state index contributed by atoms with van der Waals surface area (Å²) in [6.45, 7) is 10.2. The lowest BCUT2D eigenvalue weighted by Crippen LogP contribution is -2.58. The van der Waals surface area contributed by atoms with Gasteiger partial charge in [0.15, 0.2) is 0 Å². The van der Waals surface area contributed by atoms with E-state index in [-0.39, 0.29) is 37.3 Å². The number of aromatic nitrogens is 2. The molecule has 0 bridgehead atoms. The number of benzene rings is 1. The third-order valence-corrected chi connectivity index (χ3v) is 14.8. The molecule has 3 fully saturated rings. The van der Waals surface area contributed by atoms with Crippen molar-refractivity contribution >= 4 is 50.1 Å². The molecule has 7 rings (SSSR count). The number of amides is 4. The van der Waals surface area contributed by atoms with Gasteiger partial charge in [-0.3, -0.25) is 14.3 Å². The smallest absolute Gasteiger partial charge is 0.320 e. The topological polar surface area (TPSA) is 160 Å². The number of hydrogen-bond acceptors (Lipinski definition) is 10. The van der Waals surface area contributed by atoms with Gasteiger partial charge in [0.05, 0.1) is 40.3 Å². The molecule has 54 heavy (non-hydrogen) atoms. The molecule has 4 amide bonds. The van der Waals surface area contributed by atoms with E-state index in [0.29, 0.717) is 42.1 Å². The summed E-state index contributed by atoms with van der Waals surface area (Å²) < 4.78 is 40.1. The first-order valence-electron chi connectivity index (χ1n) is 18.7. The molecular weight excluding hydrogens is 729 g/mol. The van der Waals surface area contributed by atoms with Crippen LogP contribution in [0.3, 0.4) is 0 Å². The van der Waals surface area contributed by atoms with Crippen LogP contribution in [-0.2, 0) is 19.6 Å². The Morgan fingerprint density at radius 1 is 1.09 bits per heavy atom. The number of allylic oxidation sites excluding steroid dienone is 1. The van der Waals surface area contributed by atoms with Crippen LogP contribution in [0.15, 0.2) is 35.7 Å². The molecule has 0 unspecified atom stereocenters. The standard InChI is InChI=1S/C39H50N6O7S2/c1-23(2)34-41-28(21-53-34)27-18-31(26-13-14-30(51-7)24(3)32(26)40-27)52-37(4)20-29-33(46)42-39(35(47)43-54(49,50)38(5)15-16-38)19-25(39)12-10-8-9-11-17-44(6)36(48)45(29)22-37/h10,12-14,18,21,23,25,29H,8-9,11,15-17,19-20,22H2,1-7H3,(H,42,46)(H,43,47)/b12-10-/t25-,29+,37-,39-/m1/s1. The highest BCUT2D eigenvalue weighted by Gasteiger charge is 2.63. The molecule has 1 aromatic carbocycles. The normalized spacial score (nSPS) is 27.5. The Balaban J connectivity index is 1.24. The largest absolute Gasteiger partial charge is 0.496 e. The molecule has 0 spiro atoms. The second kappa shape index (κ2) is 13.8. The highest BCUT2D eigenvalue weighted by Crippen LogP contribution is 2.48. The number of nitrogens with one attached hydrogen (secondary N) is 2. The molecule has 2 aliphatic heterocycles. The minimum atomic E-state index is -3.95. The monoisotopic (exact) mass is 778 g/mol. The fourth-order valence-electron chi connectivity index (χ4n) is 7.57. The summed E-state index contributed by atoms with van der Waals surface area (Å²) in [5.74, 6) is -0.214. The molecule has 4 aliphatic rings. The van der Waals surface area contributed by atoms with Crippen molar-refractivity contribution in [3.8, 4) is 22.9 Å².